The Morgan fingerprint density at radius 1 is 1.16 bits per heavy atom. The molecular formula is C12H21N3O3S. The van der Waals surface area contributed by atoms with E-state index in [4.69, 9.17) is 16.0 Å². The third-order valence-corrected chi connectivity index (χ3v) is 3.66. The quantitative estimate of drug-likeness (QED) is 0.418. The van der Waals surface area contributed by atoms with Crippen LogP contribution in [0.1, 0.15) is 25.7 Å². The Hall–Kier alpha value is -1.31. The van der Waals surface area contributed by atoms with Gasteiger partial charge in [-0.05, 0) is 31.0 Å². The second kappa shape index (κ2) is 7.32. The number of nitrogens with one attached hydrogen (secondary N) is 1. The minimum absolute atomic E-state index is 0.0458. The van der Waals surface area contributed by atoms with Crippen LogP contribution in [0.2, 0.25) is 0 Å². The molecule has 0 fully saturated rings. The van der Waals surface area contributed by atoms with E-state index < -0.39 is 10.0 Å². The summed E-state index contributed by atoms with van der Waals surface area (Å²) in [6.45, 7) is 0.917. The highest BCUT2D eigenvalue weighted by atomic mass is 32.2. The van der Waals surface area contributed by atoms with Crippen molar-refractivity contribution in [2.45, 2.75) is 30.6 Å². The molecule has 108 valence electrons. The van der Waals surface area contributed by atoms with Crippen LogP contribution in [0.25, 0.3) is 0 Å². The van der Waals surface area contributed by atoms with Crippen LogP contribution in [0, 0.1) is 0 Å². The number of aliphatic hydroxyl groups excluding tert-OH is 1. The van der Waals surface area contributed by atoms with Gasteiger partial charge in [0, 0.05) is 13.2 Å². The van der Waals surface area contributed by atoms with Crippen molar-refractivity contribution in [1.82, 2.24) is 0 Å². The van der Waals surface area contributed by atoms with Gasteiger partial charge in [-0.1, -0.05) is 12.8 Å². The average Bonchev–Trinajstić information content (AvgIpc) is 2.34. The van der Waals surface area contributed by atoms with E-state index in [1.54, 1.807) is 0 Å². The van der Waals surface area contributed by atoms with Gasteiger partial charge in [0.2, 0.25) is 10.0 Å². The van der Waals surface area contributed by atoms with Crippen LogP contribution in [0.4, 0.5) is 11.4 Å². The van der Waals surface area contributed by atoms with Crippen molar-refractivity contribution in [2.75, 3.05) is 24.2 Å². The molecule has 6 nitrogen and oxygen atoms in total. The second-order valence-electron chi connectivity index (χ2n) is 4.36. The Balaban J connectivity index is 2.53. The van der Waals surface area contributed by atoms with E-state index >= 15 is 0 Å². The van der Waals surface area contributed by atoms with Crippen molar-refractivity contribution in [2.24, 2.45) is 5.14 Å². The number of unbranched alkanes of at least 4 members (excludes halogenated alkanes) is 3. The molecule has 0 amide bonds. The fourth-order valence-corrected chi connectivity index (χ4v) is 2.22. The third kappa shape index (κ3) is 5.46. The molecule has 1 aromatic rings. The van der Waals surface area contributed by atoms with Gasteiger partial charge in [-0.15, -0.1) is 0 Å². The molecule has 0 radical (unpaired) electrons. The summed E-state index contributed by atoms with van der Waals surface area (Å²) in [6.07, 6.45) is 3.72. The molecular weight excluding hydrogens is 266 g/mol. The molecule has 0 bridgehead atoms. The normalized spacial score (nSPS) is 11.5. The van der Waals surface area contributed by atoms with Gasteiger partial charge in [0.05, 0.1) is 16.3 Å². The summed E-state index contributed by atoms with van der Waals surface area (Å²) in [7, 11) is -3.71. The number of nitrogens with two attached hydrogens (primary N) is 2. The summed E-state index contributed by atoms with van der Waals surface area (Å²) in [5.74, 6) is 0. The second-order valence-corrected chi connectivity index (χ2v) is 5.92. The summed E-state index contributed by atoms with van der Waals surface area (Å²) in [5, 5.41) is 16.8. The van der Waals surface area contributed by atoms with Gasteiger partial charge in [0.25, 0.3) is 0 Å². The fraction of sp³-hybridized carbons (Fsp3) is 0.500. The molecule has 0 aliphatic heterocycles. The lowest BCUT2D eigenvalue weighted by Gasteiger charge is -2.10. The standard InChI is InChI=1S/C12H21N3O3S/c13-11-6-5-10(19(14,17)18)9-12(11)15-7-3-1-2-4-8-16/h5-6,9,15-16H,1-4,7-8,13H2,(H2,14,17,18). The summed E-state index contributed by atoms with van der Waals surface area (Å²) in [5.41, 5.74) is 6.83. The molecule has 0 saturated carbocycles. The number of benzene rings is 1. The molecule has 0 heterocycles. The van der Waals surface area contributed by atoms with Gasteiger partial charge in [-0.2, -0.15) is 0 Å². The van der Waals surface area contributed by atoms with E-state index in [0.717, 1.165) is 25.7 Å². The largest absolute Gasteiger partial charge is 0.397 e. The SMILES string of the molecule is Nc1ccc(S(N)(=O)=O)cc1NCCCCCCO. The highest BCUT2D eigenvalue weighted by molar-refractivity contribution is 7.89. The number of primary sulfonamides is 1. The van der Waals surface area contributed by atoms with Crippen LogP contribution >= 0.6 is 0 Å². The molecule has 1 aromatic carbocycles. The van der Waals surface area contributed by atoms with E-state index in [2.05, 4.69) is 5.32 Å². The molecule has 19 heavy (non-hydrogen) atoms. The molecule has 0 unspecified atom stereocenters. The number of hydrogen-bond acceptors (Lipinski definition) is 5. The monoisotopic (exact) mass is 287 g/mol. The van der Waals surface area contributed by atoms with Crippen molar-refractivity contribution in [3.05, 3.63) is 18.2 Å². The van der Waals surface area contributed by atoms with Gasteiger partial charge in [-0.3, -0.25) is 0 Å². The lowest BCUT2D eigenvalue weighted by Crippen LogP contribution is -2.13. The summed E-state index contributed by atoms with van der Waals surface area (Å²) in [6, 6.07) is 4.35. The van der Waals surface area contributed by atoms with Gasteiger partial charge in [0.15, 0.2) is 0 Å². The first-order valence-corrected chi connectivity index (χ1v) is 7.77. The van der Waals surface area contributed by atoms with Crippen molar-refractivity contribution >= 4 is 21.4 Å². The minimum atomic E-state index is -3.71. The van der Waals surface area contributed by atoms with Crippen LogP contribution in [-0.2, 0) is 10.0 Å². The third-order valence-electron chi connectivity index (χ3n) is 2.75. The number of hydrogen-bond donors (Lipinski definition) is 4. The average molecular weight is 287 g/mol. The Labute approximate surface area is 113 Å². The predicted octanol–water partition coefficient (Wildman–Crippen LogP) is 0.881. The van der Waals surface area contributed by atoms with Crippen LogP contribution in [0.15, 0.2) is 23.1 Å². The van der Waals surface area contributed by atoms with Crippen molar-refractivity contribution in [3.8, 4) is 0 Å². The smallest absolute Gasteiger partial charge is 0.238 e. The van der Waals surface area contributed by atoms with E-state index in [-0.39, 0.29) is 11.5 Å². The number of aliphatic hydroxyl groups is 1. The molecule has 0 saturated heterocycles. The van der Waals surface area contributed by atoms with Crippen LogP contribution < -0.4 is 16.2 Å². The number of rotatable bonds is 8. The Morgan fingerprint density at radius 3 is 2.47 bits per heavy atom. The van der Waals surface area contributed by atoms with Gasteiger partial charge in [0.1, 0.15) is 0 Å². The molecule has 0 atom stereocenters. The lowest BCUT2D eigenvalue weighted by atomic mass is 10.2. The summed E-state index contributed by atoms with van der Waals surface area (Å²) >= 11 is 0. The maximum Gasteiger partial charge on any atom is 0.238 e. The molecule has 0 aromatic heterocycles. The van der Waals surface area contributed by atoms with Crippen LogP contribution in [0.5, 0.6) is 0 Å². The first-order valence-electron chi connectivity index (χ1n) is 6.22. The molecule has 0 aliphatic carbocycles. The van der Waals surface area contributed by atoms with Crippen LogP contribution in [0.3, 0.4) is 0 Å². The molecule has 7 heteroatoms. The molecule has 0 spiro atoms. The zero-order valence-corrected chi connectivity index (χ0v) is 11.6. The Morgan fingerprint density at radius 2 is 1.84 bits per heavy atom. The number of nitrogen functional groups attached to an aromatic ring is 1. The van der Waals surface area contributed by atoms with Gasteiger partial charge >= 0.3 is 0 Å². The first kappa shape index (κ1) is 15.7. The van der Waals surface area contributed by atoms with Crippen LogP contribution in [-0.4, -0.2) is 26.7 Å². The van der Waals surface area contributed by atoms with E-state index in [0.29, 0.717) is 17.9 Å². The maximum atomic E-state index is 11.2. The Bertz CT molecular complexity index is 503. The van der Waals surface area contributed by atoms with Crippen molar-refractivity contribution < 1.29 is 13.5 Å². The van der Waals surface area contributed by atoms with Crippen molar-refractivity contribution in [3.63, 3.8) is 0 Å². The van der Waals surface area contributed by atoms with Gasteiger partial charge < -0.3 is 16.2 Å². The van der Waals surface area contributed by atoms with Gasteiger partial charge in [-0.25, -0.2) is 13.6 Å². The maximum absolute atomic E-state index is 11.2. The molecule has 6 N–H and O–H groups in total. The summed E-state index contributed by atoms with van der Waals surface area (Å²) in [4.78, 5) is 0.0458. The topological polar surface area (TPSA) is 118 Å². The first-order chi connectivity index (χ1) is 8.95. The molecule has 0 aliphatic rings. The highest BCUT2D eigenvalue weighted by Crippen LogP contribution is 2.22. The number of sulfonamides is 1. The minimum Gasteiger partial charge on any atom is -0.397 e. The summed E-state index contributed by atoms with van der Waals surface area (Å²) < 4.78 is 22.5. The zero-order valence-electron chi connectivity index (χ0n) is 10.8. The fourth-order valence-electron chi connectivity index (χ4n) is 1.68. The van der Waals surface area contributed by atoms with E-state index in [1.165, 1.54) is 18.2 Å². The lowest BCUT2D eigenvalue weighted by molar-refractivity contribution is 0.283. The zero-order chi connectivity index (χ0) is 14.3. The molecule has 1 rings (SSSR count). The van der Waals surface area contributed by atoms with E-state index in [1.807, 2.05) is 0 Å². The predicted molar refractivity (Wildman–Crippen MR) is 76.3 cm³/mol. The van der Waals surface area contributed by atoms with E-state index in [9.17, 15) is 8.42 Å². The Kier molecular flexibility index (Phi) is 6.07. The van der Waals surface area contributed by atoms with Crippen molar-refractivity contribution in [1.29, 1.82) is 0 Å². The number of anilines is 2. The highest BCUT2D eigenvalue weighted by Gasteiger charge is 2.09.